The first-order valence-electron chi connectivity index (χ1n) is 8.95. The number of esters is 1. The van der Waals surface area contributed by atoms with Crippen molar-refractivity contribution in [2.45, 2.75) is 26.3 Å². The molecule has 2 aromatic rings. The molecule has 146 valence electrons. The van der Waals surface area contributed by atoms with Crippen molar-refractivity contribution in [1.29, 1.82) is 5.26 Å². The van der Waals surface area contributed by atoms with Crippen molar-refractivity contribution in [2.24, 2.45) is 0 Å². The van der Waals surface area contributed by atoms with Crippen LogP contribution < -0.4 is 9.64 Å². The Kier molecular flexibility index (Phi) is 5.46. The molecule has 1 unspecified atom stereocenters. The summed E-state index contributed by atoms with van der Waals surface area (Å²) in [5, 5.41) is 19.4. The van der Waals surface area contributed by atoms with Crippen LogP contribution in [-0.2, 0) is 14.4 Å². The van der Waals surface area contributed by atoms with E-state index in [1.165, 1.54) is 11.8 Å². The summed E-state index contributed by atoms with van der Waals surface area (Å²) in [5.41, 5.74) is 1.44. The number of hydrogen-bond donors (Lipinski definition) is 1. The smallest absolute Gasteiger partial charge is 0.308 e. The van der Waals surface area contributed by atoms with Gasteiger partial charge in [0.2, 0.25) is 0 Å². The van der Waals surface area contributed by atoms with Crippen LogP contribution in [0.4, 0.5) is 5.69 Å². The molecular formula is C22H18N2O5. The van der Waals surface area contributed by atoms with Gasteiger partial charge in [-0.05, 0) is 42.0 Å². The van der Waals surface area contributed by atoms with Crippen LogP contribution >= 0.6 is 0 Å². The number of aliphatic hydroxyl groups excluding tert-OH is 1. The van der Waals surface area contributed by atoms with E-state index in [4.69, 9.17) is 10.00 Å². The molecule has 29 heavy (non-hydrogen) atoms. The number of ether oxygens (including phenoxy) is 1. The van der Waals surface area contributed by atoms with Gasteiger partial charge in [-0.15, -0.1) is 0 Å². The normalized spacial score (nSPS) is 16.0. The van der Waals surface area contributed by atoms with Crippen molar-refractivity contribution in [3.05, 3.63) is 71.0 Å². The molecule has 7 heteroatoms. The zero-order chi connectivity index (χ0) is 21.1. The van der Waals surface area contributed by atoms with E-state index in [-0.39, 0.29) is 17.8 Å². The molecule has 1 N–H and O–H groups in total. The largest absolute Gasteiger partial charge is 0.503 e. The highest BCUT2D eigenvalue weighted by Crippen LogP contribution is 2.41. The van der Waals surface area contributed by atoms with Crippen molar-refractivity contribution in [2.75, 3.05) is 4.90 Å². The zero-order valence-electron chi connectivity index (χ0n) is 15.9. The Balaban J connectivity index is 2.09. The first-order valence-corrected chi connectivity index (χ1v) is 8.95. The minimum atomic E-state index is -0.839. The summed E-state index contributed by atoms with van der Waals surface area (Å²) in [7, 11) is 0. The van der Waals surface area contributed by atoms with Crippen LogP contribution in [0.2, 0.25) is 0 Å². The third-order valence-corrected chi connectivity index (χ3v) is 4.56. The Morgan fingerprint density at radius 3 is 2.28 bits per heavy atom. The molecule has 1 aliphatic heterocycles. The molecule has 0 bridgehead atoms. The van der Waals surface area contributed by atoms with E-state index in [2.05, 4.69) is 0 Å². The number of rotatable bonds is 5. The van der Waals surface area contributed by atoms with Crippen LogP contribution in [0.3, 0.4) is 0 Å². The SMILES string of the molecule is CCC(=O)C1=C(O)C(=O)N(c2ccc(C#N)cc2)C1c1ccc(OC(C)=O)cc1. The fourth-order valence-corrected chi connectivity index (χ4v) is 3.24. The molecule has 0 aliphatic carbocycles. The van der Waals surface area contributed by atoms with Gasteiger partial charge in [0.1, 0.15) is 5.75 Å². The number of carbonyl (C=O) groups is 3. The van der Waals surface area contributed by atoms with Gasteiger partial charge in [-0.3, -0.25) is 19.3 Å². The summed E-state index contributed by atoms with van der Waals surface area (Å²) < 4.78 is 5.03. The first-order chi connectivity index (χ1) is 13.9. The topological polar surface area (TPSA) is 108 Å². The van der Waals surface area contributed by atoms with E-state index < -0.39 is 23.7 Å². The highest BCUT2D eigenvalue weighted by atomic mass is 16.5. The van der Waals surface area contributed by atoms with Crippen LogP contribution in [0.1, 0.15) is 37.4 Å². The van der Waals surface area contributed by atoms with Crippen molar-refractivity contribution >= 4 is 23.3 Å². The minimum Gasteiger partial charge on any atom is -0.503 e. The molecule has 1 heterocycles. The Morgan fingerprint density at radius 2 is 1.76 bits per heavy atom. The Labute approximate surface area is 167 Å². The Morgan fingerprint density at radius 1 is 1.14 bits per heavy atom. The lowest BCUT2D eigenvalue weighted by atomic mass is 9.94. The standard InChI is InChI=1S/C22H18N2O5/c1-3-18(26)19-20(15-6-10-17(11-7-15)29-13(2)25)24(22(28)21(19)27)16-8-4-14(12-23)5-9-16/h4-11,20,27H,3H2,1-2H3. The van der Waals surface area contributed by atoms with Gasteiger partial charge in [0, 0.05) is 19.0 Å². The van der Waals surface area contributed by atoms with Gasteiger partial charge in [-0.1, -0.05) is 19.1 Å². The van der Waals surface area contributed by atoms with Crippen LogP contribution in [0.25, 0.3) is 0 Å². The maximum atomic E-state index is 12.8. The number of hydrogen-bond acceptors (Lipinski definition) is 6. The lowest BCUT2D eigenvalue weighted by Crippen LogP contribution is -2.31. The number of nitrogens with zero attached hydrogens (tertiary/aromatic N) is 2. The van der Waals surface area contributed by atoms with E-state index in [0.717, 1.165) is 0 Å². The summed E-state index contributed by atoms with van der Waals surface area (Å²) in [4.78, 5) is 37.8. The van der Waals surface area contributed by atoms with Crippen LogP contribution in [0, 0.1) is 11.3 Å². The summed E-state index contributed by atoms with van der Waals surface area (Å²) >= 11 is 0. The maximum absolute atomic E-state index is 12.8. The summed E-state index contributed by atoms with van der Waals surface area (Å²) in [5.74, 6) is -1.77. The summed E-state index contributed by atoms with van der Waals surface area (Å²) in [6, 6.07) is 13.8. The zero-order valence-corrected chi connectivity index (χ0v) is 15.9. The summed E-state index contributed by atoms with van der Waals surface area (Å²) in [6.07, 6.45) is 0.121. The van der Waals surface area contributed by atoms with Crippen LogP contribution in [-0.4, -0.2) is 22.8 Å². The molecule has 3 rings (SSSR count). The van der Waals surface area contributed by atoms with Crippen molar-refractivity contribution < 1.29 is 24.2 Å². The van der Waals surface area contributed by atoms with Gasteiger partial charge in [0.05, 0.1) is 23.2 Å². The van der Waals surface area contributed by atoms with Gasteiger partial charge in [-0.25, -0.2) is 0 Å². The highest BCUT2D eigenvalue weighted by molar-refractivity contribution is 6.16. The average molecular weight is 390 g/mol. The molecular weight excluding hydrogens is 372 g/mol. The van der Waals surface area contributed by atoms with Gasteiger partial charge in [0.25, 0.3) is 5.91 Å². The highest BCUT2D eigenvalue weighted by Gasteiger charge is 2.43. The number of carbonyl (C=O) groups excluding carboxylic acids is 3. The van der Waals surface area contributed by atoms with Crippen molar-refractivity contribution in [3.8, 4) is 11.8 Å². The average Bonchev–Trinajstić information content (AvgIpc) is 2.98. The van der Waals surface area contributed by atoms with Gasteiger partial charge in [-0.2, -0.15) is 5.26 Å². The van der Waals surface area contributed by atoms with E-state index >= 15 is 0 Å². The molecule has 1 amide bonds. The van der Waals surface area contributed by atoms with Gasteiger partial charge in [0.15, 0.2) is 11.5 Å². The molecule has 7 nitrogen and oxygen atoms in total. The molecule has 0 spiro atoms. The fourth-order valence-electron chi connectivity index (χ4n) is 3.24. The van der Waals surface area contributed by atoms with E-state index in [1.807, 2.05) is 6.07 Å². The number of benzene rings is 2. The second-order valence-corrected chi connectivity index (χ2v) is 6.44. The predicted octanol–water partition coefficient (Wildman–Crippen LogP) is 3.36. The monoisotopic (exact) mass is 390 g/mol. The van der Waals surface area contributed by atoms with Gasteiger partial charge >= 0.3 is 5.97 Å². The quantitative estimate of drug-likeness (QED) is 0.619. The molecule has 1 atom stereocenters. The molecule has 0 fully saturated rings. The molecule has 2 aromatic carbocycles. The number of amides is 1. The Bertz CT molecular complexity index is 1050. The maximum Gasteiger partial charge on any atom is 0.308 e. The molecule has 0 saturated carbocycles. The molecule has 1 aliphatic rings. The van der Waals surface area contributed by atoms with Gasteiger partial charge < -0.3 is 9.84 Å². The lowest BCUT2D eigenvalue weighted by molar-refractivity contribution is -0.131. The summed E-state index contributed by atoms with van der Waals surface area (Å²) in [6.45, 7) is 2.94. The number of ketones is 1. The first kappa shape index (κ1) is 19.8. The fraction of sp³-hybridized carbons (Fsp3) is 0.182. The lowest BCUT2D eigenvalue weighted by Gasteiger charge is -2.27. The second kappa shape index (κ2) is 7.98. The van der Waals surface area contributed by atoms with Crippen molar-refractivity contribution in [1.82, 2.24) is 0 Å². The van der Waals surface area contributed by atoms with E-state index in [1.54, 1.807) is 55.5 Å². The number of nitriles is 1. The number of aliphatic hydroxyl groups is 1. The number of Topliss-reactive ketones (excluding diaryl/α,β-unsaturated/α-hetero) is 1. The van der Waals surface area contributed by atoms with E-state index in [9.17, 15) is 19.5 Å². The van der Waals surface area contributed by atoms with Crippen LogP contribution in [0.15, 0.2) is 59.9 Å². The van der Waals surface area contributed by atoms with Crippen molar-refractivity contribution in [3.63, 3.8) is 0 Å². The molecule has 0 aromatic heterocycles. The molecule has 0 saturated heterocycles. The van der Waals surface area contributed by atoms with Crippen LogP contribution in [0.5, 0.6) is 5.75 Å². The minimum absolute atomic E-state index is 0.0158. The third kappa shape index (κ3) is 3.73. The van der Waals surface area contributed by atoms with E-state index in [0.29, 0.717) is 22.6 Å². The predicted molar refractivity (Wildman–Crippen MR) is 104 cm³/mol. The Hall–Kier alpha value is -3.92. The number of anilines is 1. The molecule has 0 radical (unpaired) electrons. The third-order valence-electron chi connectivity index (χ3n) is 4.56. The second-order valence-electron chi connectivity index (χ2n) is 6.44.